The summed E-state index contributed by atoms with van der Waals surface area (Å²) in [7, 11) is 3.26. The van der Waals surface area contributed by atoms with Crippen molar-refractivity contribution in [2.24, 2.45) is 0 Å². The van der Waals surface area contributed by atoms with Crippen LogP contribution in [0.25, 0.3) is 0 Å². The fourth-order valence-corrected chi connectivity index (χ4v) is 1.95. The predicted molar refractivity (Wildman–Crippen MR) is 68.9 cm³/mol. The summed E-state index contributed by atoms with van der Waals surface area (Å²) in [6, 6.07) is 5.71. The lowest BCUT2D eigenvalue weighted by Gasteiger charge is -2.21. The van der Waals surface area contributed by atoms with E-state index in [0.29, 0.717) is 0 Å². The molecule has 3 heteroatoms. The second-order valence-corrected chi connectivity index (χ2v) is 4.25. The van der Waals surface area contributed by atoms with E-state index in [9.17, 15) is 5.11 Å². The summed E-state index contributed by atoms with van der Waals surface area (Å²) in [6.07, 6.45) is 1.45. The van der Waals surface area contributed by atoms with E-state index in [0.717, 1.165) is 29.9 Å². The zero-order chi connectivity index (χ0) is 12.8. The number of aliphatic hydroxyl groups excluding tert-OH is 1. The van der Waals surface area contributed by atoms with Crippen molar-refractivity contribution in [1.29, 1.82) is 0 Å². The number of rotatable bonds is 6. The third-order valence-electron chi connectivity index (χ3n) is 3.09. The van der Waals surface area contributed by atoms with E-state index in [4.69, 9.17) is 9.47 Å². The van der Waals surface area contributed by atoms with E-state index in [-0.39, 0.29) is 12.0 Å². The maximum atomic E-state index is 10.0. The van der Waals surface area contributed by atoms with E-state index in [2.05, 4.69) is 6.92 Å². The van der Waals surface area contributed by atoms with Crippen molar-refractivity contribution >= 4 is 0 Å². The van der Waals surface area contributed by atoms with Crippen LogP contribution in [-0.2, 0) is 0 Å². The van der Waals surface area contributed by atoms with Gasteiger partial charge in [0.25, 0.3) is 0 Å². The minimum Gasteiger partial charge on any atom is -0.497 e. The molecule has 2 unspecified atom stereocenters. The van der Waals surface area contributed by atoms with Crippen LogP contribution >= 0.6 is 0 Å². The van der Waals surface area contributed by atoms with Crippen LogP contribution in [0.3, 0.4) is 0 Å². The molecule has 0 spiro atoms. The monoisotopic (exact) mass is 238 g/mol. The van der Waals surface area contributed by atoms with Gasteiger partial charge in [0.15, 0.2) is 0 Å². The Morgan fingerprint density at radius 2 is 1.94 bits per heavy atom. The maximum absolute atomic E-state index is 10.0. The second kappa shape index (κ2) is 6.50. The molecule has 1 rings (SSSR count). The van der Waals surface area contributed by atoms with Crippen molar-refractivity contribution in [2.75, 3.05) is 14.2 Å². The van der Waals surface area contributed by atoms with E-state index in [1.807, 2.05) is 25.1 Å². The fourth-order valence-electron chi connectivity index (χ4n) is 1.95. The van der Waals surface area contributed by atoms with Gasteiger partial charge < -0.3 is 14.6 Å². The Morgan fingerprint density at radius 1 is 1.24 bits per heavy atom. The molecule has 0 heterocycles. The van der Waals surface area contributed by atoms with E-state index in [1.165, 1.54) is 0 Å². The number of methoxy groups -OCH3 is 2. The van der Waals surface area contributed by atoms with Gasteiger partial charge in [-0.3, -0.25) is 0 Å². The van der Waals surface area contributed by atoms with Crippen LogP contribution in [-0.4, -0.2) is 25.4 Å². The summed E-state index contributed by atoms with van der Waals surface area (Å²) >= 11 is 0. The van der Waals surface area contributed by atoms with Crippen LogP contribution in [0, 0.1) is 0 Å². The molecule has 1 aromatic rings. The van der Waals surface area contributed by atoms with Gasteiger partial charge in [0.05, 0.1) is 20.3 Å². The normalized spacial score (nSPS) is 14.2. The molecular weight excluding hydrogens is 216 g/mol. The van der Waals surface area contributed by atoms with Crippen LogP contribution in [0.2, 0.25) is 0 Å². The van der Waals surface area contributed by atoms with Crippen molar-refractivity contribution in [2.45, 2.75) is 38.7 Å². The first-order valence-electron chi connectivity index (χ1n) is 6.04. The Kier molecular flexibility index (Phi) is 5.29. The molecule has 96 valence electrons. The third kappa shape index (κ3) is 3.37. The Hall–Kier alpha value is -1.22. The number of benzene rings is 1. The molecule has 1 aromatic carbocycles. The maximum Gasteiger partial charge on any atom is 0.126 e. The molecule has 2 atom stereocenters. The molecule has 17 heavy (non-hydrogen) atoms. The van der Waals surface area contributed by atoms with Gasteiger partial charge in [0.1, 0.15) is 11.5 Å². The highest BCUT2D eigenvalue weighted by atomic mass is 16.5. The quantitative estimate of drug-likeness (QED) is 0.828. The highest BCUT2D eigenvalue weighted by Crippen LogP contribution is 2.33. The highest BCUT2D eigenvalue weighted by Gasteiger charge is 2.19. The van der Waals surface area contributed by atoms with E-state index >= 15 is 0 Å². The SMILES string of the molecule is CCCC(O)C(C)c1ccc(OC)cc1OC. The van der Waals surface area contributed by atoms with Crippen molar-refractivity contribution in [1.82, 2.24) is 0 Å². The van der Waals surface area contributed by atoms with E-state index in [1.54, 1.807) is 14.2 Å². The van der Waals surface area contributed by atoms with E-state index < -0.39 is 0 Å². The first-order chi connectivity index (χ1) is 8.13. The predicted octanol–water partition coefficient (Wildman–Crippen LogP) is 2.97. The van der Waals surface area contributed by atoms with Gasteiger partial charge in [0, 0.05) is 12.0 Å². The average molecular weight is 238 g/mol. The van der Waals surface area contributed by atoms with Crippen LogP contribution in [0.1, 0.15) is 38.2 Å². The lowest BCUT2D eigenvalue weighted by molar-refractivity contribution is 0.137. The molecule has 0 saturated carbocycles. The highest BCUT2D eigenvalue weighted by molar-refractivity contribution is 5.42. The number of aliphatic hydroxyl groups is 1. The summed E-state index contributed by atoms with van der Waals surface area (Å²) in [5.41, 5.74) is 1.02. The molecule has 0 aliphatic heterocycles. The van der Waals surface area contributed by atoms with Crippen molar-refractivity contribution < 1.29 is 14.6 Å². The molecule has 0 radical (unpaired) electrons. The molecular formula is C14H22O3. The summed E-state index contributed by atoms with van der Waals surface area (Å²) in [5.74, 6) is 1.60. The number of ether oxygens (including phenoxy) is 2. The molecule has 0 aliphatic carbocycles. The van der Waals surface area contributed by atoms with Gasteiger partial charge in [-0.05, 0) is 18.1 Å². The largest absolute Gasteiger partial charge is 0.497 e. The first-order valence-corrected chi connectivity index (χ1v) is 6.04. The summed E-state index contributed by atoms with van der Waals surface area (Å²) in [6.45, 7) is 4.09. The van der Waals surface area contributed by atoms with Gasteiger partial charge in [0.2, 0.25) is 0 Å². The summed E-state index contributed by atoms with van der Waals surface area (Å²) in [5, 5.41) is 10.0. The van der Waals surface area contributed by atoms with Crippen molar-refractivity contribution in [3.05, 3.63) is 23.8 Å². The molecule has 0 fully saturated rings. The first kappa shape index (κ1) is 13.8. The third-order valence-corrected chi connectivity index (χ3v) is 3.09. The van der Waals surface area contributed by atoms with Gasteiger partial charge in [-0.2, -0.15) is 0 Å². The lowest BCUT2D eigenvalue weighted by Crippen LogP contribution is -2.16. The van der Waals surface area contributed by atoms with Crippen LogP contribution in [0.5, 0.6) is 11.5 Å². The van der Waals surface area contributed by atoms with Gasteiger partial charge in [-0.1, -0.05) is 26.3 Å². The topological polar surface area (TPSA) is 38.7 Å². The standard InChI is InChI=1S/C14H22O3/c1-5-6-13(15)10(2)12-8-7-11(16-3)9-14(12)17-4/h7-10,13,15H,5-6H2,1-4H3. The van der Waals surface area contributed by atoms with Crippen LogP contribution in [0.15, 0.2) is 18.2 Å². The van der Waals surface area contributed by atoms with Crippen molar-refractivity contribution in [3.63, 3.8) is 0 Å². The Bertz CT molecular complexity index is 349. The smallest absolute Gasteiger partial charge is 0.126 e. The number of hydrogen-bond donors (Lipinski definition) is 1. The summed E-state index contributed by atoms with van der Waals surface area (Å²) in [4.78, 5) is 0. The van der Waals surface area contributed by atoms with Crippen LogP contribution in [0.4, 0.5) is 0 Å². The molecule has 0 aliphatic rings. The van der Waals surface area contributed by atoms with Crippen LogP contribution < -0.4 is 9.47 Å². The fraction of sp³-hybridized carbons (Fsp3) is 0.571. The summed E-state index contributed by atoms with van der Waals surface area (Å²) < 4.78 is 10.5. The Labute approximate surface area is 103 Å². The Balaban J connectivity index is 2.96. The molecule has 3 nitrogen and oxygen atoms in total. The molecule has 0 aromatic heterocycles. The lowest BCUT2D eigenvalue weighted by atomic mass is 9.92. The van der Waals surface area contributed by atoms with Gasteiger partial charge in [-0.25, -0.2) is 0 Å². The molecule has 0 saturated heterocycles. The number of hydrogen-bond acceptors (Lipinski definition) is 3. The minimum absolute atomic E-state index is 0.0656. The zero-order valence-corrected chi connectivity index (χ0v) is 11.1. The zero-order valence-electron chi connectivity index (χ0n) is 11.1. The molecule has 1 N–H and O–H groups in total. The minimum atomic E-state index is -0.331. The Morgan fingerprint density at radius 3 is 2.47 bits per heavy atom. The average Bonchev–Trinajstić information content (AvgIpc) is 2.37. The molecule has 0 amide bonds. The van der Waals surface area contributed by atoms with Gasteiger partial charge in [-0.15, -0.1) is 0 Å². The van der Waals surface area contributed by atoms with Crippen molar-refractivity contribution in [3.8, 4) is 11.5 Å². The molecule has 0 bridgehead atoms. The van der Waals surface area contributed by atoms with Gasteiger partial charge >= 0.3 is 0 Å². The second-order valence-electron chi connectivity index (χ2n) is 4.25.